The summed E-state index contributed by atoms with van der Waals surface area (Å²) in [5, 5.41) is 0. The predicted molar refractivity (Wildman–Crippen MR) is 122 cm³/mol. The number of methoxy groups -OCH3 is 1. The number of aromatic nitrogens is 1. The third kappa shape index (κ3) is 6.10. The van der Waals surface area contributed by atoms with E-state index in [0.29, 0.717) is 35.8 Å². The highest BCUT2D eigenvalue weighted by atomic mass is 19.4. The lowest BCUT2D eigenvalue weighted by atomic mass is 10.0. The van der Waals surface area contributed by atoms with Gasteiger partial charge in [-0.05, 0) is 41.5 Å². The van der Waals surface area contributed by atoms with E-state index in [1.54, 1.807) is 42.7 Å². The molecule has 1 amide bonds. The van der Waals surface area contributed by atoms with Crippen LogP contribution < -0.4 is 9.47 Å². The summed E-state index contributed by atoms with van der Waals surface area (Å²) in [4.78, 5) is 18.8. The number of carbonyl (C=O) groups excluding carboxylic acids is 1. The maximum Gasteiger partial charge on any atom is 0.417 e. The summed E-state index contributed by atoms with van der Waals surface area (Å²) in [6.07, 6.45) is -0.780. The second-order valence-electron chi connectivity index (χ2n) is 8.15. The van der Waals surface area contributed by atoms with Crippen molar-refractivity contribution in [2.45, 2.75) is 31.8 Å². The maximum absolute atomic E-state index is 13.6. The molecule has 0 radical (unpaired) electrons. The van der Waals surface area contributed by atoms with E-state index in [4.69, 9.17) is 14.2 Å². The van der Waals surface area contributed by atoms with E-state index in [2.05, 4.69) is 4.98 Å². The number of pyridine rings is 1. The van der Waals surface area contributed by atoms with Crippen molar-refractivity contribution >= 4 is 5.91 Å². The lowest BCUT2D eigenvalue weighted by Crippen LogP contribution is -2.32. The minimum Gasteiger partial charge on any atom is -0.493 e. The van der Waals surface area contributed by atoms with Gasteiger partial charge in [-0.25, -0.2) is 0 Å². The molecule has 1 aliphatic rings. The average Bonchev–Trinajstić information content (AvgIpc) is 3.37. The molecule has 3 aromatic rings. The van der Waals surface area contributed by atoms with E-state index < -0.39 is 23.2 Å². The van der Waals surface area contributed by atoms with Crippen molar-refractivity contribution in [3.63, 3.8) is 0 Å². The van der Waals surface area contributed by atoms with Crippen molar-refractivity contribution in [3.8, 4) is 11.5 Å². The molecule has 2 heterocycles. The Labute approximate surface area is 201 Å². The Morgan fingerprint density at radius 2 is 1.89 bits per heavy atom. The fraction of sp³-hybridized carbons (Fsp3) is 0.308. The highest BCUT2D eigenvalue weighted by Crippen LogP contribution is 2.34. The standard InChI is InChI=1S/C26H25F3N2O4/c1-33-24-13-18(8-9-23(24)35-20-10-12-34-17-20)15-31(16-19-5-4-11-30-14-19)25(32)21-6-2-3-7-22(21)26(27,28)29/h2-9,11,13-14,20H,10,12,15-17H2,1H3/t20-/m1/s1. The summed E-state index contributed by atoms with van der Waals surface area (Å²) in [5.74, 6) is 0.280. The third-order valence-electron chi connectivity index (χ3n) is 5.63. The smallest absolute Gasteiger partial charge is 0.417 e. The van der Waals surface area contributed by atoms with Crippen molar-refractivity contribution in [2.24, 2.45) is 0 Å². The Bertz CT molecular complexity index is 1150. The van der Waals surface area contributed by atoms with Gasteiger partial charge in [-0.1, -0.05) is 24.3 Å². The average molecular weight is 486 g/mol. The van der Waals surface area contributed by atoms with Crippen LogP contribution in [0.1, 0.15) is 33.5 Å². The van der Waals surface area contributed by atoms with Crippen LogP contribution in [0.5, 0.6) is 11.5 Å². The summed E-state index contributed by atoms with van der Waals surface area (Å²) >= 11 is 0. The highest BCUT2D eigenvalue weighted by molar-refractivity contribution is 5.95. The molecule has 184 valence electrons. The van der Waals surface area contributed by atoms with Gasteiger partial charge in [0.25, 0.3) is 5.91 Å². The number of alkyl halides is 3. The minimum atomic E-state index is -4.65. The molecule has 6 nitrogen and oxygen atoms in total. The molecular formula is C26H25F3N2O4. The van der Waals surface area contributed by atoms with Crippen LogP contribution in [0, 0.1) is 0 Å². The third-order valence-corrected chi connectivity index (χ3v) is 5.63. The Morgan fingerprint density at radius 3 is 2.57 bits per heavy atom. The second-order valence-corrected chi connectivity index (χ2v) is 8.15. The van der Waals surface area contributed by atoms with Gasteiger partial charge in [0, 0.05) is 31.9 Å². The van der Waals surface area contributed by atoms with E-state index in [0.717, 1.165) is 12.5 Å². The molecule has 1 aliphatic heterocycles. The Morgan fingerprint density at radius 1 is 1.09 bits per heavy atom. The number of nitrogens with zero attached hydrogens (tertiary/aromatic N) is 2. The van der Waals surface area contributed by atoms with Gasteiger partial charge in [-0.15, -0.1) is 0 Å². The molecule has 0 spiro atoms. The monoisotopic (exact) mass is 486 g/mol. The molecule has 0 N–H and O–H groups in total. The molecule has 0 aliphatic carbocycles. The second kappa shape index (κ2) is 10.8. The number of hydrogen-bond donors (Lipinski definition) is 0. The number of benzene rings is 2. The largest absolute Gasteiger partial charge is 0.493 e. The molecular weight excluding hydrogens is 461 g/mol. The van der Waals surface area contributed by atoms with Crippen molar-refractivity contribution < 1.29 is 32.2 Å². The van der Waals surface area contributed by atoms with Crippen LogP contribution in [-0.2, 0) is 24.0 Å². The van der Waals surface area contributed by atoms with Crippen molar-refractivity contribution in [3.05, 3.63) is 89.2 Å². The van der Waals surface area contributed by atoms with E-state index in [-0.39, 0.29) is 19.2 Å². The van der Waals surface area contributed by atoms with Gasteiger partial charge in [-0.3, -0.25) is 9.78 Å². The summed E-state index contributed by atoms with van der Waals surface area (Å²) in [6, 6.07) is 13.5. The number of hydrogen-bond acceptors (Lipinski definition) is 5. The Balaban J connectivity index is 1.63. The lowest BCUT2D eigenvalue weighted by Gasteiger charge is -2.25. The quantitative estimate of drug-likeness (QED) is 0.442. The molecule has 0 saturated carbocycles. The fourth-order valence-electron chi connectivity index (χ4n) is 3.91. The normalized spacial score (nSPS) is 15.6. The molecule has 0 bridgehead atoms. The number of rotatable bonds is 8. The molecule has 9 heteroatoms. The summed E-state index contributed by atoms with van der Waals surface area (Å²) in [6.45, 7) is 1.27. The van der Waals surface area contributed by atoms with Gasteiger partial charge in [-0.2, -0.15) is 13.2 Å². The first-order valence-corrected chi connectivity index (χ1v) is 11.1. The van der Waals surface area contributed by atoms with Gasteiger partial charge >= 0.3 is 6.18 Å². The minimum absolute atomic E-state index is 0.0586. The lowest BCUT2D eigenvalue weighted by molar-refractivity contribution is -0.138. The molecule has 4 rings (SSSR count). The molecule has 1 aromatic heterocycles. The number of ether oxygens (including phenoxy) is 3. The van der Waals surface area contributed by atoms with E-state index in [1.807, 2.05) is 0 Å². The molecule has 2 aromatic carbocycles. The maximum atomic E-state index is 13.6. The van der Waals surface area contributed by atoms with Gasteiger partial charge in [0.15, 0.2) is 11.5 Å². The van der Waals surface area contributed by atoms with E-state index in [9.17, 15) is 18.0 Å². The zero-order valence-electron chi connectivity index (χ0n) is 19.1. The van der Waals surface area contributed by atoms with Crippen molar-refractivity contribution in [1.29, 1.82) is 0 Å². The van der Waals surface area contributed by atoms with Crippen LogP contribution in [0.2, 0.25) is 0 Å². The summed E-state index contributed by atoms with van der Waals surface area (Å²) in [5.41, 5.74) is -0.00423. The van der Waals surface area contributed by atoms with E-state index >= 15 is 0 Å². The first kappa shape index (κ1) is 24.5. The van der Waals surface area contributed by atoms with Crippen LogP contribution in [-0.4, -0.2) is 42.2 Å². The molecule has 35 heavy (non-hydrogen) atoms. The number of amides is 1. The van der Waals surface area contributed by atoms with Crippen LogP contribution >= 0.6 is 0 Å². The zero-order valence-corrected chi connectivity index (χ0v) is 19.1. The first-order valence-electron chi connectivity index (χ1n) is 11.1. The van der Waals surface area contributed by atoms with Crippen LogP contribution in [0.25, 0.3) is 0 Å². The van der Waals surface area contributed by atoms with Gasteiger partial charge in [0.1, 0.15) is 6.10 Å². The molecule has 0 unspecified atom stereocenters. The highest BCUT2D eigenvalue weighted by Gasteiger charge is 2.36. The summed E-state index contributed by atoms with van der Waals surface area (Å²) in [7, 11) is 1.51. The van der Waals surface area contributed by atoms with Crippen LogP contribution in [0.3, 0.4) is 0 Å². The Kier molecular flexibility index (Phi) is 7.55. The van der Waals surface area contributed by atoms with Gasteiger partial charge < -0.3 is 19.1 Å². The predicted octanol–water partition coefficient (Wildman–Crippen LogP) is 5.12. The molecule has 1 atom stereocenters. The zero-order chi connectivity index (χ0) is 24.8. The number of carbonyl (C=O) groups is 1. The SMILES string of the molecule is COc1cc(CN(Cc2cccnc2)C(=O)c2ccccc2C(F)(F)F)ccc1O[C@@H]1CCOC1. The van der Waals surface area contributed by atoms with Gasteiger partial charge in [0.05, 0.1) is 31.5 Å². The first-order chi connectivity index (χ1) is 16.8. The number of halogens is 3. The van der Waals surface area contributed by atoms with Gasteiger partial charge in [0.2, 0.25) is 0 Å². The van der Waals surface area contributed by atoms with E-state index in [1.165, 1.54) is 30.2 Å². The Hall–Kier alpha value is -3.59. The molecule has 1 fully saturated rings. The molecule has 1 saturated heterocycles. The topological polar surface area (TPSA) is 60.9 Å². The van der Waals surface area contributed by atoms with Crippen LogP contribution in [0.4, 0.5) is 13.2 Å². The van der Waals surface area contributed by atoms with Crippen LogP contribution in [0.15, 0.2) is 67.0 Å². The fourth-order valence-corrected chi connectivity index (χ4v) is 3.91. The van der Waals surface area contributed by atoms with Crippen molar-refractivity contribution in [1.82, 2.24) is 9.88 Å². The summed E-state index contributed by atoms with van der Waals surface area (Å²) < 4.78 is 57.6. The van der Waals surface area contributed by atoms with Crippen molar-refractivity contribution in [2.75, 3.05) is 20.3 Å².